The minimum atomic E-state index is -4.41. The normalized spacial score (nSPS) is 11.5. The van der Waals surface area contributed by atoms with Crippen LogP contribution in [0.1, 0.15) is 11.1 Å². The number of nitrogens with one attached hydrogen (secondary N) is 1. The van der Waals surface area contributed by atoms with Gasteiger partial charge < -0.3 is 5.32 Å². The molecule has 0 spiro atoms. The summed E-state index contributed by atoms with van der Waals surface area (Å²) in [7, 11) is 0. The highest BCUT2D eigenvalue weighted by Gasteiger charge is 2.30. The average Bonchev–Trinajstić information content (AvgIpc) is 2.40. The van der Waals surface area contributed by atoms with Crippen molar-refractivity contribution < 1.29 is 17.6 Å². The van der Waals surface area contributed by atoms with E-state index in [1.165, 1.54) is 18.2 Å². The summed E-state index contributed by atoms with van der Waals surface area (Å²) >= 11 is 6.30. The molecule has 0 aliphatic heterocycles. The van der Waals surface area contributed by atoms with E-state index >= 15 is 0 Å². The summed E-state index contributed by atoms with van der Waals surface area (Å²) < 4.78 is 52.2. The quantitative estimate of drug-likeness (QED) is 0.595. The van der Waals surface area contributed by atoms with Crippen molar-refractivity contribution in [2.75, 3.05) is 5.32 Å². The van der Waals surface area contributed by atoms with Crippen molar-refractivity contribution in [1.82, 2.24) is 0 Å². The minimum absolute atomic E-state index is 0.193. The summed E-state index contributed by atoms with van der Waals surface area (Å²) in [5.74, 6) is -0.419. The number of hydrogen-bond acceptors (Lipinski definition) is 1. The van der Waals surface area contributed by atoms with Crippen LogP contribution in [-0.4, -0.2) is 0 Å². The Kier molecular flexibility index (Phi) is 4.93. The Morgan fingerprint density at radius 1 is 1.05 bits per heavy atom. The second kappa shape index (κ2) is 6.36. The zero-order chi connectivity index (χ0) is 15.6. The van der Waals surface area contributed by atoms with Gasteiger partial charge in [0.15, 0.2) is 0 Å². The molecule has 0 saturated heterocycles. The monoisotopic (exact) mass is 425 g/mol. The third kappa shape index (κ3) is 3.97. The number of halogens is 6. The van der Waals surface area contributed by atoms with Gasteiger partial charge in [0.25, 0.3) is 0 Å². The Bertz CT molecular complexity index is 656. The van der Waals surface area contributed by atoms with E-state index in [9.17, 15) is 17.6 Å². The van der Waals surface area contributed by atoms with Gasteiger partial charge in [0.1, 0.15) is 5.82 Å². The van der Waals surface area contributed by atoms with E-state index < -0.39 is 17.6 Å². The zero-order valence-electron chi connectivity index (χ0n) is 10.4. The first-order valence-corrected chi connectivity index (χ1v) is 7.41. The first-order valence-electron chi connectivity index (χ1n) is 5.82. The lowest BCUT2D eigenvalue weighted by molar-refractivity contribution is -0.137. The average molecular weight is 427 g/mol. The van der Waals surface area contributed by atoms with Gasteiger partial charge in [-0.2, -0.15) is 13.2 Å². The van der Waals surface area contributed by atoms with Crippen molar-refractivity contribution in [3.8, 4) is 0 Å². The summed E-state index contributed by atoms with van der Waals surface area (Å²) in [5, 5.41) is 2.87. The molecule has 0 fully saturated rings. The Balaban J connectivity index is 2.22. The molecule has 0 unspecified atom stereocenters. The number of anilines is 1. The fourth-order valence-electron chi connectivity index (χ4n) is 1.71. The number of hydrogen-bond donors (Lipinski definition) is 1. The first-order chi connectivity index (χ1) is 9.79. The molecule has 2 aromatic rings. The molecule has 0 radical (unpaired) electrons. The van der Waals surface area contributed by atoms with Crippen LogP contribution in [0.3, 0.4) is 0 Å². The van der Waals surface area contributed by atoms with E-state index in [4.69, 9.17) is 0 Å². The van der Waals surface area contributed by atoms with Crippen molar-refractivity contribution >= 4 is 37.5 Å². The summed E-state index contributed by atoms with van der Waals surface area (Å²) in [6.45, 7) is 0.193. The second-order valence-corrected chi connectivity index (χ2v) is 5.91. The summed E-state index contributed by atoms with van der Waals surface area (Å²) in [6.07, 6.45) is -4.41. The molecule has 2 rings (SSSR count). The van der Waals surface area contributed by atoms with E-state index in [2.05, 4.69) is 37.2 Å². The molecule has 7 heteroatoms. The lowest BCUT2D eigenvalue weighted by atomic mass is 10.1. The second-order valence-electron chi connectivity index (χ2n) is 4.26. The maximum atomic E-state index is 13.4. The van der Waals surface area contributed by atoms with Crippen LogP contribution < -0.4 is 5.32 Å². The van der Waals surface area contributed by atoms with Crippen molar-refractivity contribution in [2.24, 2.45) is 0 Å². The Hall–Kier alpha value is -1.08. The van der Waals surface area contributed by atoms with E-state index in [0.717, 1.165) is 12.1 Å². The van der Waals surface area contributed by atoms with Gasteiger partial charge in [-0.25, -0.2) is 4.39 Å². The summed E-state index contributed by atoms with van der Waals surface area (Å²) in [4.78, 5) is 0. The fraction of sp³-hybridized carbons (Fsp3) is 0.143. The van der Waals surface area contributed by atoms with Gasteiger partial charge in [0.2, 0.25) is 0 Å². The van der Waals surface area contributed by atoms with E-state index in [-0.39, 0.29) is 6.54 Å². The highest BCUT2D eigenvalue weighted by Crippen LogP contribution is 2.34. The van der Waals surface area contributed by atoms with E-state index in [1.54, 1.807) is 6.07 Å². The highest BCUT2D eigenvalue weighted by molar-refractivity contribution is 9.11. The molecule has 0 saturated carbocycles. The number of rotatable bonds is 3. The molecular weight excluding hydrogens is 418 g/mol. The molecule has 0 heterocycles. The zero-order valence-corrected chi connectivity index (χ0v) is 13.6. The molecule has 2 aromatic carbocycles. The van der Waals surface area contributed by atoms with Gasteiger partial charge >= 0.3 is 6.18 Å². The van der Waals surface area contributed by atoms with E-state index in [0.29, 0.717) is 20.2 Å². The van der Waals surface area contributed by atoms with Gasteiger partial charge in [-0.05, 0) is 61.7 Å². The van der Waals surface area contributed by atoms with E-state index in [1.807, 2.05) is 0 Å². The molecule has 0 aliphatic carbocycles. The smallest absolute Gasteiger partial charge is 0.380 e. The predicted octanol–water partition coefficient (Wildman–Crippen LogP) is 5.98. The maximum absolute atomic E-state index is 13.4. The molecule has 112 valence electrons. The van der Waals surface area contributed by atoms with Crippen LogP contribution in [0.2, 0.25) is 0 Å². The third-order valence-corrected chi connectivity index (χ3v) is 4.37. The third-order valence-electron chi connectivity index (χ3n) is 2.79. The van der Waals surface area contributed by atoms with Crippen LogP contribution in [0.5, 0.6) is 0 Å². The molecule has 1 nitrogen and oxygen atoms in total. The topological polar surface area (TPSA) is 12.0 Å². The lowest BCUT2D eigenvalue weighted by Gasteiger charge is -2.13. The first kappa shape index (κ1) is 16.3. The van der Waals surface area contributed by atoms with Gasteiger partial charge in [-0.15, -0.1) is 0 Å². The van der Waals surface area contributed by atoms with Gasteiger partial charge in [-0.3, -0.25) is 0 Å². The molecule has 0 bridgehead atoms. The highest BCUT2D eigenvalue weighted by atomic mass is 79.9. The molecule has 0 atom stereocenters. The SMILES string of the molecule is Fc1cccc(CNc2cc(C(F)(F)F)ccc2Br)c1Br. The fourth-order valence-corrected chi connectivity index (χ4v) is 2.50. The van der Waals surface area contributed by atoms with Crippen LogP contribution in [0.15, 0.2) is 45.3 Å². The molecule has 1 N–H and O–H groups in total. The summed E-state index contributed by atoms with van der Waals surface area (Å²) in [5.41, 5.74) is 0.159. The Morgan fingerprint density at radius 2 is 1.76 bits per heavy atom. The number of alkyl halides is 3. The van der Waals surface area contributed by atoms with Crippen molar-refractivity contribution in [3.05, 3.63) is 62.3 Å². The van der Waals surface area contributed by atoms with Crippen LogP contribution >= 0.6 is 31.9 Å². The van der Waals surface area contributed by atoms with Crippen LogP contribution in [0.25, 0.3) is 0 Å². The Morgan fingerprint density at radius 3 is 2.43 bits per heavy atom. The van der Waals surface area contributed by atoms with Gasteiger partial charge in [0, 0.05) is 16.7 Å². The number of benzene rings is 2. The molecule has 0 aliphatic rings. The summed E-state index contributed by atoms with van der Waals surface area (Å²) in [6, 6.07) is 7.85. The van der Waals surface area contributed by atoms with Gasteiger partial charge in [-0.1, -0.05) is 12.1 Å². The lowest BCUT2D eigenvalue weighted by Crippen LogP contribution is -2.07. The van der Waals surface area contributed by atoms with Gasteiger partial charge in [0.05, 0.1) is 10.0 Å². The Labute approximate surface area is 135 Å². The van der Waals surface area contributed by atoms with Crippen molar-refractivity contribution in [3.63, 3.8) is 0 Å². The standard InChI is InChI=1S/C14H9Br2F4N/c15-10-5-4-9(14(18,19)20)6-12(10)21-7-8-2-1-3-11(17)13(8)16/h1-6,21H,7H2. The maximum Gasteiger partial charge on any atom is 0.416 e. The molecule has 0 amide bonds. The van der Waals surface area contributed by atoms with Crippen molar-refractivity contribution in [1.29, 1.82) is 0 Å². The van der Waals surface area contributed by atoms with Crippen LogP contribution in [-0.2, 0) is 12.7 Å². The minimum Gasteiger partial charge on any atom is -0.380 e. The van der Waals surface area contributed by atoms with Crippen molar-refractivity contribution in [2.45, 2.75) is 12.7 Å². The van der Waals surface area contributed by atoms with Crippen LogP contribution in [0, 0.1) is 5.82 Å². The largest absolute Gasteiger partial charge is 0.416 e. The predicted molar refractivity (Wildman–Crippen MR) is 80.6 cm³/mol. The molecular formula is C14H9Br2F4N. The van der Waals surface area contributed by atoms with Crippen LogP contribution in [0.4, 0.5) is 23.2 Å². The molecule has 0 aromatic heterocycles. The molecule has 21 heavy (non-hydrogen) atoms.